The normalized spacial score (nSPS) is 11.3. The summed E-state index contributed by atoms with van der Waals surface area (Å²) in [5, 5.41) is 6.22. The van der Waals surface area contributed by atoms with Crippen molar-refractivity contribution in [1.82, 2.24) is 10.2 Å². The van der Waals surface area contributed by atoms with Gasteiger partial charge >= 0.3 is 0 Å². The number of anilines is 1. The second-order valence-corrected chi connectivity index (χ2v) is 6.19. The molecular weight excluding hydrogens is 292 g/mol. The van der Waals surface area contributed by atoms with Crippen LogP contribution in [0.25, 0.3) is 0 Å². The van der Waals surface area contributed by atoms with Crippen LogP contribution in [0.5, 0.6) is 5.75 Å². The summed E-state index contributed by atoms with van der Waals surface area (Å²) >= 11 is 0. The predicted molar refractivity (Wildman–Crippen MR) is 79.8 cm³/mol. The maximum Gasteiger partial charge on any atom is 0.267 e. The van der Waals surface area contributed by atoms with E-state index in [4.69, 9.17) is 10.5 Å². The van der Waals surface area contributed by atoms with Crippen LogP contribution in [0, 0.1) is 0 Å². The summed E-state index contributed by atoms with van der Waals surface area (Å²) in [4.78, 5) is 0.102. The van der Waals surface area contributed by atoms with Gasteiger partial charge < -0.3 is 10.5 Å². The molecule has 0 saturated carbocycles. The largest absolute Gasteiger partial charge is 0.495 e. The molecule has 3 N–H and O–H groups in total. The van der Waals surface area contributed by atoms with Crippen molar-refractivity contribution in [2.75, 3.05) is 24.5 Å². The number of nitrogens with one attached hydrogen (secondary N) is 1. The molecule has 0 aliphatic carbocycles. The number of hydrogen-bond donors (Lipinski definition) is 2. The lowest BCUT2D eigenvalue weighted by Crippen LogP contribution is -2.33. The van der Waals surface area contributed by atoms with Crippen LogP contribution in [0.15, 0.2) is 41.6 Å². The Morgan fingerprint density at radius 2 is 2.14 bits per heavy atom. The van der Waals surface area contributed by atoms with E-state index < -0.39 is 10.0 Å². The lowest BCUT2D eigenvalue weighted by Gasteiger charge is -2.25. The van der Waals surface area contributed by atoms with Gasteiger partial charge in [0.15, 0.2) is 0 Å². The molecule has 0 unspecified atom stereocenters. The Hall–Kier alpha value is -2.06. The highest BCUT2D eigenvalue weighted by Crippen LogP contribution is 2.31. The number of ether oxygens (including phenoxy) is 1. The summed E-state index contributed by atoms with van der Waals surface area (Å²) < 4.78 is 32.0. The van der Waals surface area contributed by atoms with Crippen LogP contribution in [0.2, 0.25) is 0 Å². The van der Waals surface area contributed by atoms with E-state index in [0.29, 0.717) is 24.4 Å². The Balaban J connectivity index is 2.48. The molecule has 1 heterocycles. The SMILES string of the molecule is COc1ccccc1N(CCCN)S(=O)(=O)c1cn[nH]c1. The molecule has 2 rings (SSSR count). The molecule has 0 fully saturated rings. The first kappa shape index (κ1) is 15.3. The highest BCUT2D eigenvalue weighted by Gasteiger charge is 2.27. The van der Waals surface area contributed by atoms with Gasteiger partial charge in [-0.3, -0.25) is 9.40 Å². The zero-order valence-electron chi connectivity index (χ0n) is 11.7. The minimum atomic E-state index is -3.71. The van der Waals surface area contributed by atoms with Gasteiger partial charge in [0.25, 0.3) is 10.0 Å². The zero-order chi connectivity index (χ0) is 15.3. The summed E-state index contributed by atoms with van der Waals surface area (Å²) in [6, 6.07) is 6.97. The van der Waals surface area contributed by atoms with Crippen LogP contribution < -0.4 is 14.8 Å². The lowest BCUT2D eigenvalue weighted by molar-refractivity contribution is 0.415. The van der Waals surface area contributed by atoms with Crippen molar-refractivity contribution in [1.29, 1.82) is 0 Å². The quantitative estimate of drug-likeness (QED) is 0.793. The number of H-pyrrole nitrogens is 1. The molecule has 2 aromatic rings. The number of sulfonamides is 1. The second kappa shape index (κ2) is 6.59. The van der Waals surface area contributed by atoms with Crippen molar-refractivity contribution < 1.29 is 13.2 Å². The van der Waals surface area contributed by atoms with E-state index in [2.05, 4.69) is 10.2 Å². The van der Waals surface area contributed by atoms with Gasteiger partial charge in [-0.05, 0) is 25.1 Å². The Bertz CT molecular complexity index is 670. The molecule has 0 aliphatic rings. The monoisotopic (exact) mass is 310 g/mol. The van der Waals surface area contributed by atoms with Crippen LogP contribution in [0.1, 0.15) is 6.42 Å². The number of nitrogens with two attached hydrogens (primary N) is 1. The first-order valence-corrected chi connectivity index (χ1v) is 7.90. The molecule has 7 nitrogen and oxygen atoms in total. The Labute approximate surface area is 123 Å². The molecule has 0 bridgehead atoms. The van der Waals surface area contributed by atoms with Crippen molar-refractivity contribution >= 4 is 15.7 Å². The smallest absolute Gasteiger partial charge is 0.267 e. The van der Waals surface area contributed by atoms with E-state index in [1.807, 2.05) is 0 Å². The molecule has 0 amide bonds. The third kappa shape index (κ3) is 3.17. The Kier molecular flexibility index (Phi) is 4.81. The third-order valence-electron chi connectivity index (χ3n) is 2.98. The number of rotatable bonds is 7. The number of aromatic nitrogens is 2. The van der Waals surface area contributed by atoms with Crippen LogP contribution in [0.3, 0.4) is 0 Å². The van der Waals surface area contributed by atoms with Crippen LogP contribution in [0.4, 0.5) is 5.69 Å². The first-order valence-electron chi connectivity index (χ1n) is 6.46. The molecule has 0 aliphatic heterocycles. The Morgan fingerprint density at radius 3 is 2.76 bits per heavy atom. The van der Waals surface area contributed by atoms with Gasteiger partial charge in [-0.1, -0.05) is 12.1 Å². The lowest BCUT2D eigenvalue weighted by atomic mass is 10.3. The number of hydrogen-bond acceptors (Lipinski definition) is 5. The van der Waals surface area contributed by atoms with Gasteiger partial charge in [-0.2, -0.15) is 5.10 Å². The van der Waals surface area contributed by atoms with E-state index >= 15 is 0 Å². The zero-order valence-corrected chi connectivity index (χ0v) is 12.5. The van der Waals surface area contributed by atoms with Gasteiger partial charge in [0.1, 0.15) is 10.6 Å². The predicted octanol–water partition coefficient (Wildman–Crippen LogP) is 0.962. The van der Waals surface area contributed by atoms with Crippen molar-refractivity contribution in [3.8, 4) is 5.75 Å². The van der Waals surface area contributed by atoms with Crippen LogP contribution in [-0.4, -0.2) is 38.8 Å². The number of methoxy groups -OCH3 is 1. The fourth-order valence-corrected chi connectivity index (χ4v) is 3.37. The maximum atomic E-state index is 12.7. The number of benzene rings is 1. The molecule has 0 saturated heterocycles. The fraction of sp³-hybridized carbons (Fsp3) is 0.308. The molecule has 0 atom stereocenters. The van der Waals surface area contributed by atoms with Crippen molar-refractivity contribution in [3.05, 3.63) is 36.7 Å². The molecule has 1 aromatic heterocycles. The van der Waals surface area contributed by atoms with Crippen LogP contribution in [-0.2, 0) is 10.0 Å². The van der Waals surface area contributed by atoms with Gasteiger partial charge in [-0.25, -0.2) is 8.42 Å². The van der Waals surface area contributed by atoms with Crippen molar-refractivity contribution in [2.45, 2.75) is 11.3 Å². The number of para-hydroxylation sites is 2. The van der Waals surface area contributed by atoms with Crippen molar-refractivity contribution in [3.63, 3.8) is 0 Å². The minimum Gasteiger partial charge on any atom is -0.495 e. The van der Waals surface area contributed by atoms with Crippen molar-refractivity contribution in [2.24, 2.45) is 5.73 Å². The van der Waals surface area contributed by atoms with E-state index in [9.17, 15) is 8.42 Å². The third-order valence-corrected chi connectivity index (χ3v) is 4.76. The summed E-state index contributed by atoms with van der Waals surface area (Å²) in [5.41, 5.74) is 6.00. The minimum absolute atomic E-state index is 0.102. The number of aromatic amines is 1. The summed E-state index contributed by atoms with van der Waals surface area (Å²) in [5.74, 6) is 0.488. The summed E-state index contributed by atoms with van der Waals surface area (Å²) in [6.07, 6.45) is 3.16. The second-order valence-electron chi connectivity index (χ2n) is 4.33. The van der Waals surface area contributed by atoms with Gasteiger partial charge in [-0.15, -0.1) is 0 Å². The maximum absolute atomic E-state index is 12.7. The number of nitrogens with zero attached hydrogens (tertiary/aromatic N) is 2. The molecule has 8 heteroatoms. The average molecular weight is 310 g/mol. The van der Waals surface area contributed by atoms with E-state index in [1.54, 1.807) is 24.3 Å². The Morgan fingerprint density at radius 1 is 1.38 bits per heavy atom. The average Bonchev–Trinajstić information content (AvgIpc) is 3.03. The van der Waals surface area contributed by atoms with E-state index in [0.717, 1.165) is 0 Å². The van der Waals surface area contributed by atoms with E-state index in [-0.39, 0.29) is 11.4 Å². The highest BCUT2D eigenvalue weighted by molar-refractivity contribution is 7.92. The molecule has 1 aromatic carbocycles. The highest BCUT2D eigenvalue weighted by atomic mass is 32.2. The van der Waals surface area contributed by atoms with Gasteiger partial charge in [0.2, 0.25) is 0 Å². The van der Waals surface area contributed by atoms with Gasteiger partial charge in [0, 0.05) is 12.7 Å². The molecule has 114 valence electrons. The summed E-state index contributed by atoms with van der Waals surface area (Å²) in [6.45, 7) is 0.664. The molecule has 21 heavy (non-hydrogen) atoms. The fourth-order valence-electron chi connectivity index (χ4n) is 1.95. The first-order chi connectivity index (χ1) is 10.1. The topological polar surface area (TPSA) is 101 Å². The molecular formula is C13H18N4O3S. The molecule has 0 radical (unpaired) electrons. The molecule has 0 spiro atoms. The standard InChI is InChI=1S/C13H18N4O3S/c1-20-13-6-3-2-5-12(13)17(8-4-7-14)21(18,19)11-9-15-16-10-11/h2-3,5-6,9-10H,4,7-8,14H2,1H3,(H,15,16). The van der Waals surface area contributed by atoms with E-state index in [1.165, 1.54) is 23.8 Å². The van der Waals surface area contributed by atoms with Gasteiger partial charge in [0.05, 0.1) is 19.0 Å². The summed E-state index contributed by atoms with van der Waals surface area (Å²) in [7, 11) is -2.21. The van der Waals surface area contributed by atoms with Crippen LogP contribution >= 0.6 is 0 Å².